The van der Waals surface area contributed by atoms with Crippen molar-refractivity contribution in [3.05, 3.63) is 17.7 Å². The number of aliphatic imine (C=N–C) groups is 1. The fourth-order valence-electron chi connectivity index (χ4n) is 3.21. The van der Waals surface area contributed by atoms with Crippen LogP contribution in [0.15, 0.2) is 17.1 Å². The largest absolute Gasteiger partial charge is 0.496 e. The minimum absolute atomic E-state index is 0. The summed E-state index contributed by atoms with van der Waals surface area (Å²) < 4.78 is 21.7. The molecule has 2 N–H and O–H groups in total. The highest BCUT2D eigenvalue weighted by molar-refractivity contribution is 14.0. The summed E-state index contributed by atoms with van der Waals surface area (Å²) >= 11 is 0. The number of methoxy groups -OCH3 is 3. The zero-order valence-electron chi connectivity index (χ0n) is 18.3. The third-order valence-electron chi connectivity index (χ3n) is 5.01. The van der Waals surface area contributed by atoms with Crippen LogP contribution in [0.1, 0.15) is 19.4 Å². The highest BCUT2D eigenvalue weighted by Crippen LogP contribution is 2.34. The molecule has 0 aliphatic carbocycles. The van der Waals surface area contributed by atoms with Crippen LogP contribution < -0.4 is 24.8 Å². The predicted octanol–water partition coefficient (Wildman–Crippen LogP) is 2.11. The third kappa shape index (κ3) is 7.07. The quantitative estimate of drug-likeness (QED) is 0.308. The molecule has 1 aromatic rings. The molecule has 1 aliphatic rings. The predicted molar refractivity (Wildman–Crippen MR) is 126 cm³/mol. The molecule has 8 nitrogen and oxygen atoms in total. The summed E-state index contributed by atoms with van der Waals surface area (Å²) in [5.74, 6) is 2.77. The second kappa shape index (κ2) is 12.3. The number of hydrogen-bond donors (Lipinski definition) is 2. The van der Waals surface area contributed by atoms with Crippen LogP contribution in [-0.2, 0) is 11.3 Å². The first-order valence-electron chi connectivity index (χ1n) is 9.51. The van der Waals surface area contributed by atoms with Crippen molar-refractivity contribution in [2.45, 2.75) is 25.9 Å². The molecule has 0 spiro atoms. The Morgan fingerprint density at radius 2 is 1.62 bits per heavy atom. The van der Waals surface area contributed by atoms with Crippen molar-refractivity contribution >= 4 is 29.9 Å². The Hall–Kier alpha value is -1.46. The van der Waals surface area contributed by atoms with Crippen molar-refractivity contribution < 1.29 is 18.9 Å². The van der Waals surface area contributed by atoms with E-state index in [0.29, 0.717) is 18.0 Å². The molecule has 29 heavy (non-hydrogen) atoms. The Morgan fingerprint density at radius 1 is 1.03 bits per heavy atom. The van der Waals surface area contributed by atoms with Gasteiger partial charge in [-0.3, -0.25) is 9.89 Å². The van der Waals surface area contributed by atoms with Gasteiger partial charge in [0.1, 0.15) is 5.75 Å². The number of rotatable bonds is 8. The fourth-order valence-corrected chi connectivity index (χ4v) is 3.21. The van der Waals surface area contributed by atoms with E-state index in [0.717, 1.165) is 50.1 Å². The van der Waals surface area contributed by atoms with Crippen LogP contribution in [0.2, 0.25) is 0 Å². The van der Waals surface area contributed by atoms with Crippen LogP contribution >= 0.6 is 24.0 Å². The highest BCUT2D eigenvalue weighted by atomic mass is 127. The summed E-state index contributed by atoms with van der Waals surface area (Å²) in [5.41, 5.74) is 0.957. The molecule has 1 aromatic carbocycles. The summed E-state index contributed by atoms with van der Waals surface area (Å²) in [4.78, 5) is 6.78. The average Bonchev–Trinajstić information content (AvgIpc) is 2.73. The highest BCUT2D eigenvalue weighted by Gasteiger charge is 2.28. The average molecular weight is 522 g/mol. The van der Waals surface area contributed by atoms with Gasteiger partial charge in [-0.25, -0.2) is 0 Å². The monoisotopic (exact) mass is 522 g/mol. The first-order chi connectivity index (χ1) is 13.4. The molecule has 0 radical (unpaired) electrons. The SMILES string of the molecule is CN=C(NCc1cc(OC)c(OC)cc1OC)NCC(C)(C)N1CCOCC1.I. The summed E-state index contributed by atoms with van der Waals surface area (Å²) in [6, 6.07) is 3.74. The van der Waals surface area contributed by atoms with Gasteiger partial charge in [0.25, 0.3) is 0 Å². The van der Waals surface area contributed by atoms with Crippen molar-refractivity contribution in [2.75, 3.05) is 61.2 Å². The summed E-state index contributed by atoms with van der Waals surface area (Å²) in [6.07, 6.45) is 0. The lowest BCUT2D eigenvalue weighted by molar-refractivity contribution is -0.00834. The molecule has 0 saturated carbocycles. The van der Waals surface area contributed by atoms with Gasteiger partial charge in [-0.05, 0) is 19.9 Å². The van der Waals surface area contributed by atoms with Crippen molar-refractivity contribution in [3.63, 3.8) is 0 Å². The number of guanidine groups is 1. The Kier molecular flexibility index (Phi) is 10.8. The van der Waals surface area contributed by atoms with Crippen LogP contribution in [0.5, 0.6) is 17.2 Å². The van der Waals surface area contributed by atoms with E-state index in [2.05, 4.69) is 34.4 Å². The molecule has 166 valence electrons. The van der Waals surface area contributed by atoms with Gasteiger partial charge < -0.3 is 29.6 Å². The molecule has 1 fully saturated rings. The molecular weight excluding hydrogens is 487 g/mol. The standard InChI is InChI=1S/C20H34N4O4.HI/c1-20(2,24-7-9-28-10-8-24)14-23-19(21-3)22-13-15-11-17(26-5)18(27-6)12-16(15)25-4;/h11-12H,7-10,13-14H2,1-6H3,(H2,21,22,23);1H. The second-order valence-electron chi connectivity index (χ2n) is 7.21. The molecule has 1 saturated heterocycles. The number of nitrogens with one attached hydrogen (secondary N) is 2. The molecule has 0 unspecified atom stereocenters. The molecule has 1 heterocycles. The zero-order chi connectivity index (χ0) is 20.6. The van der Waals surface area contributed by atoms with Crippen molar-refractivity contribution in [3.8, 4) is 17.2 Å². The minimum Gasteiger partial charge on any atom is -0.496 e. The molecule has 9 heteroatoms. The van der Waals surface area contributed by atoms with Crippen LogP contribution in [0.4, 0.5) is 0 Å². The lowest BCUT2D eigenvalue weighted by Gasteiger charge is -2.41. The molecule has 0 atom stereocenters. The first-order valence-corrected chi connectivity index (χ1v) is 9.51. The van der Waals surface area contributed by atoms with Crippen molar-refractivity contribution in [1.82, 2.24) is 15.5 Å². The maximum atomic E-state index is 5.49. The Bertz CT molecular complexity index is 664. The summed E-state index contributed by atoms with van der Waals surface area (Å²) in [6.45, 7) is 9.25. The van der Waals surface area contributed by atoms with E-state index >= 15 is 0 Å². The van der Waals surface area contributed by atoms with Gasteiger partial charge in [0.05, 0.1) is 34.5 Å². The maximum absolute atomic E-state index is 5.49. The smallest absolute Gasteiger partial charge is 0.191 e. The Balaban J connectivity index is 0.00000420. The Labute approximate surface area is 191 Å². The van der Waals surface area contributed by atoms with Crippen LogP contribution in [-0.4, -0.2) is 77.6 Å². The van der Waals surface area contributed by atoms with Crippen molar-refractivity contribution in [1.29, 1.82) is 0 Å². The normalized spacial score (nSPS) is 15.3. The van der Waals surface area contributed by atoms with Crippen molar-refractivity contribution in [2.24, 2.45) is 4.99 Å². The molecular formula is C20H35IN4O4. The van der Waals surface area contributed by atoms with E-state index in [1.807, 2.05) is 12.1 Å². The molecule has 0 bridgehead atoms. The maximum Gasteiger partial charge on any atom is 0.191 e. The summed E-state index contributed by atoms with van der Waals surface area (Å²) in [5, 5.41) is 6.77. The van der Waals surface area contributed by atoms with E-state index in [-0.39, 0.29) is 29.5 Å². The van der Waals surface area contributed by atoms with Gasteiger partial charge in [0.15, 0.2) is 17.5 Å². The van der Waals surface area contributed by atoms with E-state index in [9.17, 15) is 0 Å². The number of hydrogen-bond acceptors (Lipinski definition) is 6. The van der Waals surface area contributed by atoms with Gasteiger partial charge in [-0.1, -0.05) is 0 Å². The number of ether oxygens (including phenoxy) is 4. The number of halogens is 1. The fraction of sp³-hybridized carbons (Fsp3) is 0.650. The molecule has 0 aromatic heterocycles. The van der Waals surface area contributed by atoms with Gasteiger partial charge in [0.2, 0.25) is 0 Å². The molecule has 0 amide bonds. The van der Waals surface area contributed by atoms with Crippen LogP contribution in [0.25, 0.3) is 0 Å². The van der Waals surface area contributed by atoms with E-state index in [4.69, 9.17) is 18.9 Å². The van der Waals surface area contributed by atoms with Crippen LogP contribution in [0, 0.1) is 0 Å². The number of benzene rings is 1. The zero-order valence-corrected chi connectivity index (χ0v) is 20.7. The first kappa shape index (κ1) is 25.6. The Morgan fingerprint density at radius 3 is 2.17 bits per heavy atom. The lowest BCUT2D eigenvalue weighted by atomic mass is 10.0. The number of morpholine rings is 1. The third-order valence-corrected chi connectivity index (χ3v) is 5.01. The topological polar surface area (TPSA) is 76.6 Å². The van der Waals surface area contributed by atoms with Gasteiger partial charge in [-0.2, -0.15) is 0 Å². The van der Waals surface area contributed by atoms with Crippen LogP contribution in [0.3, 0.4) is 0 Å². The van der Waals surface area contributed by atoms with Gasteiger partial charge in [-0.15, -0.1) is 24.0 Å². The molecule has 2 rings (SSSR count). The van der Waals surface area contributed by atoms with E-state index in [1.54, 1.807) is 28.4 Å². The summed E-state index contributed by atoms with van der Waals surface area (Å²) in [7, 11) is 6.64. The molecule has 1 aliphatic heterocycles. The van der Waals surface area contributed by atoms with E-state index in [1.165, 1.54) is 0 Å². The van der Waals surface area contributed by atoms with Gasteiger partial charge in [0, 0.05) is 50.4 Å². The second-order valence-corrected chi connectivity index (χ2v) is 7.21. The number of nitrogens with zero attached hydrogens (tertiary/aromatic N) is 2. The minimum atomic E-state index is 0. The lowest BCUT2D eigenvalue weighted by Crippen LogP contribution is -2.56. The van der Waals surface area contributed by atoms with E-state index < -0.39 is 0 Å². The van der Waals surface area contributed by atoms with Gasteiger partial charge >= 0.3 is 0 Å².